The molecular formula is C14H17N3O2. The Kier molecular flexibility index (Phi) is 3.13. The summed E-state index contributed by atoms with van der Waals surface area (Å²) in [6, 6.07) is 6.30. The highest BCUT2D eigenvalue weighted by Gasteiger charge is 2.15. The van der Waals surface area contributed by atoms with Gasteiger partial charge < -0.3 is 14.8 Å². The molecule has 5 heteroatoms. The molecule has 1 aromatic carbocycles. The van der Waals surface area contributed by atoms with E-state index in [2.05, 4.69) is 23.4 Å². The van der Waals surface area contributed by atoms with Crippen molar-refractivity contribution in [1.29, 1.82) is 0 Å². The van der Waals surface area contributed by atoms with Gasteiger partial charge in [-0.3, -0.25) is 4.68 Å². The van der Waals surface area contributed by atoms with Crippen LogP contribution in [0.1, 0.15) is 24.1 Å². The summed E-state index contributed by atoms with van der Waals surface area (Å²) >= 11 is 0. The number of fused-ring (bicyclic) bond motifs is 1. The van der Waals surface area contributed by atoms with Crippen LogP contribution in [0.5, 0.6) is 11.5 Å². The van der Waals surface area contributed by atoms with E-state index in [4.69, 9.17) is 9.47 Å². The van der Waals surface area contributed by atoms with Crippen molar-refractivity contribution in [3.8, 4) is 11.5 Å². The van der Waals surface area contributed by atoms with Gasteiger partial charge in [0.1, 0.15) is 0 Å². The van der Waals surface area contributed by atoms with Gasteiger partial charge in [-0.2, -0.15) is 5.10 Å². The van der Waals surface area contributed by atoms with Crippen LogP contribution in [-0.4, -0.2) is 16.6 Å². The summed E-state index contributed by atoms with van der Waals surface area (Å²) in [6.07, 6.45) is 3.89. The Morgan fingerprint density at radius 2 is 2.21 bits per heavy atom. The van der Waals surface area contributed by atoms with E-state index in [1.807, 2.05) is 36.3 Å². The quantitative estimate of drug-likeness (QED) is 0.912. The van der Waals surface area contributed by atoms with Gasteiger partial charge in [0, 0.05) is 31.4 Å². The molecule has 0 saturated carbocycles. The topological polar surface area (TPSA) is 48.3 Å². The first-order valence-electron chi connectivity index (χ1n) is 6.33. The van der Waals surface area contributed by atoms with Crippen molar-refractivity contribution < 1.29 is 9.47 Å². The van der Waals surface area contributed by atoms with Crippen LogP contribution in [0.15, 0.2) is 30.6 Å². The molecule has 0 unspecified atom stereocenters. The maximum atomic E-state index is 5.39. The van der Waals surface area contributed by atoms with Gasteiger partial charge in [-0.25, -0.2) is 0 Å². The first kappa shape index (κ1) is 12.0. The Labute approximate surface area is 112 Å². The van der Waals surface area contributed by atoms with Crippen LogP contribution in [0.25, 0.3) is 0 Å². The minimum atomic E-state index is 0.245. The zero-order valence-corrected chi connectivity index (χ0v) is 11.1. The second-order valence-corrected chi connectivity index (χ2v) is 4.74. The van der Waals surface area contributed by atoms with Crippen LogP contribution in [-0.2, 0) is 13.6 Å². The summed E-state index contributed by atoms with van der Waals surface area (Å²) < 4.78 is 12.5. The minimum Gasteiger partial charge on any atom is -0.454 e. The van der Waals surface area contributed by atoms with Crippen molar-refractivity contribution in [3.63, 3.8) is 0 Å². The van der Waals surface area contributed by atoms with Gasteiger partial charge in [0.2, 0.25) is 6.79 Å². The van der Waals surface area contributed by atoms with Gasteiger partial charge in [-0.15, -0.1) is 0 Å². The highest BCUT2D eigenvalue weighted by molar-refractivity contribution is 5.45. The lowest BCUT2D eigenvalue weighted by Gasteiger charge is -2.14. The molecule has 0 fully saturated rings. The standard InChI is InChI=1S/C14H17N3O2/c1-10(15-6-11-7-16-17(2)8-11)12-3-4-13-14(5-12)19-9-18-13/h3-5,7-8,10,15H,6,9H2,1-2H3/t10-/m1/s1. The lowest BCUT2D eigenvalue weighted by Crippen LogP contribution is -2.17. The minimum absolute atomic E-state index is 0.245. The first-order valence-corrected chi connectivity index (χ1v) is 6.33. The largest absolute Gasteiger partial charge is 0.454 e. The SMILES string of the molecule is C[C@@H](NCc1cnn(C)c1)c1ccc2c(c1)OCO2. The number of nitrogens with zero attached hydrogens (tertiary/aromatic N) is 2. The normalized spacial score (nSPS) is 14.6. The Hall–Kier alpha value is -2.01. The molecule has 3 rings (SSSR count). The highest BCUT2D eigenvalue weighted by Crippen LogP contribution is 2.34. The van der Waals surface area contributed by atoms with E-state index in [0.717, 1.165) is 18.0 Å². The zero-order chi connectivity index (χ0) is 13.2. The molecule has 0 bridgehead atoms. The van der Waals surface area contributed by atoms with E-state index < -0.39 is 0 Å². The van der Waals surface area contributed by atoms with Gasteiger partial charge >= 0.3 is 0 Å². The third-order valence-electron chi connectivity index (χ3n) is 3.27. The summed E-state index contributed by atoms with van der Waals surface area (Å²) in [4.78, 5) is 0. The molecule has 100 valence electrons. The molecule has 5 nitrogen and oxygen atoms in total. The monoisotopic (exact) mass is 259 g/mol. The van der Waals surface area contributed by atoms with Crippen molar-refractivity contribution in [2.75, 3.05) is 6.79 Å². The van der Waals surface area contributed by atoms with Gasteiger partial charge in [-0.1, -0.05) is 6.07 Å². The molecule has 2 aromatic rings. The second kappa shape index (κ2) is 4.93. The van der Waals surface area contributed by atoms with E-state index in [1.54, 1.807) is 0 Å². The van der Waals surface area contributed by atoms with Crippen LogP contribution in [0.3, 0.4) is 0 Å². The van der Waals surface area contributed by atoms with Crippen molar-refractivity contribution >= 4 is 0 Å². The number of ether oxygens (including phenoxy) is 2. The smallest absolute Gasteiger partial charge is 0.231 e. The average Bonchev–Trinajstić information content (AvgIpc) is 3.03. The van der Waals surface area contributed by atoms with E-state index >= 15 is 0 Å². The molecule has 19 heavy (non-hydrogen) atoms. The Bertz CT molecular complexity index is 580. The fraction of sp³-hybridized carbons (Fsp3) is 0.357. The van der Waals surface area contributed by atoms with E-state index in [-0.39, 0.29) is 6.04 Å². The van der Waals surface area contributed by atoms with Crippen molar-refractivity contribution in [2.45, 2.75) is 19.5 Å². The molecule has 0 radical (unpaired) electrons. The van der Waals surface area contributed by atoms with Crippen LogP contribution in [0.2, 0.25) is 0 Å². The maximum Gasteiger partial charge on any atom is 0.231 e. The number of rotatable bonds is 4. The van der Waals surface area contributed by atoms with Crippen molar-refractivity contribution in [1.82, 2.24) is 15.1 Å². The summed E-state index contributed by atoms with van der Waals surface area (Å²) in [5, 5.41) is 7.62. The van der Waals surface area contributed by atoms with Crippen LogP contribution in [0.4, 0.5) is 0 Å². The summed E-state index contributed by atoms with van der Waals surface area (Å²) in [5.41, 5.74) is 2.36. The molecule has 1 aliphatic heterocycles. The summed E-state index contributed by atoms with van der Waals surface area (Å²) in [6.45, 7) is 3.24. The van der Waals surface area contributed by atoms with Gasteiger partial charge in [0.05, 0.1) is 6.20 Å². The lowest BCUT2D eigenvalue weighted by molar-refractivity contribution is 0.174. The number of aryl methyl sites for hydroxylation is 1. The Balaban J connectivity index is 1.65. The highest BCUT2D eigenvalue weighted by atomic mass is 16.7. The Morgan fingerprint density at radius 3 is 3.00 bits per heavy atom. The maximum absolute atomic E-state index is 5.39. The molecule has 1 aliphatic rings. The third-order valence-corrected chi connectivity index (χ3v) is 3.27. The molecular weight excluding hydrogens is 242 g/mol. The van der Waals surface area contributed by atoms with E-state index in [9.17, 15) is 0 Å². The van der Waals surface area contributed by atoms with Crippen LogP contribution >= 0.6 is 0 Å². The van der Waals surface area contributed by atoms with Crippen LogP contribution in [0, 0.1) is 0 Å². The van der Waals surface area contributed by atoms with Gasteiger partial charge in [-0.05, 0) is 24.6 Å². The number of nitrogens with one attached hydrogen (secondary N) is 1. The Morgan fingerprint density at radius 1 is 1.37 bits per heavy atom. The molecule has 2 heterocycles. The third kappa shape index (κ3) is 2.56. The van der Waals surface area contributed by atoms with Gasteiger partial charge in [0.15, 0.2) is 11.5 Å². The van der Waals surface area contributed by atoms with Gasteiger partial charge in [0.25, 0.3) is 0 Å². The fourth-order valence-electron chi connectivity index (χ4n) is 2.13. The lowest BCUT2D eigenvalue weighted by atomic mass is 10.1. The van der Waals surface area contributed by atoms with E-state index in [1.165, 1.54) is 11.1 Å². The molecule has 0 aliphatic carbocycles. The summed E-state index contributed by atoms with van der Waals surface area (Å²) in [5.74, 6) is 1.65. The number of aromatic nitrogens is 2. The second-order valence-electron chi connectivity index (χ2n) is 4.74. The molecule has 0 spiro atoms. The molecule has 0 saturated heterocycles. The predicted molar refractivity (Wildman–Crippen MR) is 71.0 cm³/mol. The number of benzene rings is 1. The first-order chi connectivity index (χ1) is 9.22. The number of hydrogen-bond donors (Lipinski definition) is 1. The molecule has 1 atom stereocenters. The van der Waals surface area contributed by atoms with Crippen molar-refractivity contribution in [2.24, 2.45) is 7.05 Å². The zero-order valence-electron chi connectivity index (χ0n) is 11.1. The number of hydrogen-bond acceptors (Lipinski definition) is 4. The molecule has 1 aromatic heterocycles. The van der Waals surface area contributed by atoms with Crippen molar-refractivity contribution in [3.05, 3.63) is 41.7 Å². The summed E-state index contributed by atoms with van der Waals surface area (Å²) in [7, 11) is 1.92. The van der Waals surface area contributed by atoms with Crippen LogP contribution < -0.4 is 14.8 Å². The molecule has 1 N–H and O–H groups in total. The fourth-order valence-corrected chi connectivity index (χ4v) is 2.13. The average molecular weight is 259 g/mol. The predicted octanol–water partition coefficient (Wildman–Crippen LogP) is 2.00. The van der Waals surface area contributed by atoms with E-state index in [0.29, 0.717) is 6.79 Å². The molecule has 0 amide bonds.